The lowest BCUT2D eigenvalue weighted by molar-refractivity contribution is -0.136. The number of thioether (sulfide) groups is 1. The Morgan fingerprint density at radius 3 is 2.52 bits per heavy atom. The van der Waals surface area contributed by atoms with E-state index in [2.05, 4.69) is 52.3 Å². The number of nitrogens with zero attached hydrogens (tertiary/aromatic N) is 2. The Balaban J connectivity index is 1.09. The first-order valence-electron chi connectivity index (χ1n) is 12.9. The molecule has 8 heteroatoms. The summed E-state index contributed by atoms with van der Waals surface area (Å²) < 4.78 is 6.77. The van der Waals surface area contributed by atoms with Crippen LogP contribution in [0.3, 0.4) is 0 Å². The predicted octanol–water partition coefficient (Wildman–Crippen LogP) is 6.80. The van der Waals surface area contributed by atoms with Gasteiger partial charge in [0.15, 0.2) is 0 Å². The first-order chi connectivity index (χ1) is 19.4. The highest BCUT2D eigenvalue weighted by Gasteiger charge is 2.37. The van der Waals surface area contributed by atoms with E-state index in [-0.39, 0.29) is 12.5 Å². The van der Waals surface area contributed by atoms with Crippen molar-refractivity contribution < 1.29 is 19.1 Å². The topological polar surface area (TPSA) is 66.9 Å². The Hall–Kier alpha value is -3.88. The zero-order valence-corrected chi connectivity index (χ0v) is 23.9. The van der Waals surface area contributed by atoms with E-state index in [1.54, 1.807) is 11.0 Å². The van der Waals surface area contributed by atoms with Crippen molar-refractivity contribution >= 4 is 61.6 Å². The molecule has 6 nitrogen and oxygen atoms in total. The molecule has 0 N–H and O–H groups in total. The molecule has 40 heavy (non-hydrogen) atoms. The number of rotatable bonds is 6. The van der Waals surface area contributed by atoms with Crippen LogP contribution < -0.4 is 4.74 Å². The Kier molecular flexibility index (Phi) is 7.45. The lowest BCUT2D eigenvalue weighted by Crippen LogP contribution is -2.44. The first kappa shape index (κ1) is 26.3. The fourth-order valence-corrected chi connectivity index (χ4v) is 6.29. The maximum absolute atomic E-state index is 13.1. The molecule has 4 aromatic rings. The third kappa shape index (κ3) is 5.55. The Morgan fingerprint density at radius 1 is 0.925 bits per heavy atom. The summed E-state index contributed by atoms with van der Waals surface area (Å²) in [6.45, 7) is 1.23. The van der Waals surface area contributed by atoms with Gasteiger partial charge in [0.2, 0.25) is 5.91 Å². The quantitative estimate of drug-likeness (QED) is 0.224. The summed E-state index contributed by atoms with van der Waals surface area (Å²) in [5, 5.41) is 1.91. The minimum absolute atomic E-state index is 0.228. The lowest BCUT2D eigenvalue weighted by Gasteiger charge is -2.29. The van der Waals surface area contributed by atoms with E-state index >= 15 is 0 Å². The molecule has 0 spiro atoms. The second-order valence-corrected chi connectivity index (χ2v) is 11.6. The number of hydrogen-bond acceptors (Lipinski definition) is 5. The number of imide groups is 1. The highest BCUT2D eigenvalue weighted by atomic mass is 79.9. The molecule has 0 saturated carbocycles. The SMILES string of the molecule is O=C(CN1C(=O)S/C(=C\c2ccc(OCc3ccc4ccccc4c3)c(Br)c2)C1=O)N1CCc2ccccc2C1. The van der Waals surface area contributed by atoms with Gasteiger partial charge in [0, 0.05) is 13.1 Å². The summed E-state index contributed by atoms with van der Waals surface area (Å²) in [4.78, 5) is 41.7. The minimum atomic E-state index is -0.450. The van der Waals surface area contributed by atoms with Crippen molar-refractivity contribution in [2.45, 2.75) is 19.6 Å². The van der Waals surface area contributed by atoms with E-state index < -0.39 is 11.1 Å². The van der Waals surface area contributed by atoms with Crippen LogP contribution in [0.4, 0.5) is 4.79 Å². The van der Waals surface area contributed by atoms with Crippen molar-refractivity contribution in [2.75, 3.05) is 13.1 Å². The third-order valence-electron chi connectivity index (χ3n) is 7.11. The van der Waals surface area contributed by atoms with Gasteiger partial charge in [-0.05, 0) is 91.4 Å². The normalized spacial score (nSPS) is 16.1. The van der Waals surface area contributed by atoms with Crippen LogP contribution in [0, 0.1) is 0 Å². The van der Waals surface area contributed by atoms with Gasteiger partial charge in [0.25, 0.3) is 11.1 Å². The molecule has 0 aromatic heterocycles. The molecule has 0 aliphatic carbocycles. The second-order valence-electron chi connectivity index (χ2n) is 9.76. The van der Waals surface area contributed by atoms with Crippen LogP contribution in [-0.4, -0.2) is 39.9 Å². The number of carbonyl (C=O) groups is 3. The zero-order valence-electron chi connectivity index (χ0n) is 21.5. The van der Waals surface area contributed by atoms with Crippen molar-refractivity contribution in [3.05, 3.63) is 117 Å². The number of fused-ring (bicyclic) bond motifs is 2. The molecule has 4 aromatic carbocycles. The van der Waals surface area contributed by atoms with Gasteiger partial charge in [-0.2, -0.15) is 0 Å². The van der Waals surface area contributed by atoms with Crippen LogP contribution >= 0.6 is 27.7 Å². The molecule has 3 amide bonds. The van der Waals surface area contributed by atoms with Crippen LogP contribution in [0.15, 0.2) is 94.3 Å². The molecule has 6 rings (SSSR count). The molecule has 0 unspecified atom stereocenters. The number of ether oxygens (including phenoxy) is 1. The van der Waals surface area contributed by atoms with Crippen molar-refractivity contribution in [1.29, 1.82) is 0 Å². The molecule has 0 atom stereocenters. The molecule has 0 radical (unpaired) electrons. The lowest BCUT2D eigenvalue weighted by atomic mass is 10.00. The largest absolute Gasteiger partial charge is 0.488 e. The summed E-state index contributed by atoms with van der Waals surface area (Å²) in [6.07, 6.45) is 2.44. The molecule has 0 bridgehead atoms. The maximum Gasteiger partial charge on any atom is 0.294 e. The van der Waals surface area contributed by atoms with Gasteiger partial charge in [-0.3, -0.25) is 19.3 Å². The van der Waals surface area contributed by atoms with Gasteiger partial charge >= 0.3 is 0 Å². The molecule has 2 heterocycles. The molecule has 2 aliphatic heterocycles. The second kappa shape index (κ2) is 11.3. The summed E-state index contributed by atoms with van der Waals surface area (Å²) >= 11 is 4.42. The molecule has 1 fully saturated rings. The minimum Gasteiger partial charge on any atom is -0.488 e. The number of amides is 3. The van der Waals surface area contributed by atoms with E-state index in [9.17, 15) is 14.4 Å². The summed E-state index contributed by atoms with van der Waals surface area (Å²) in [5.74, 6) is -0.00524. The van der Waals surface area contributed by atoms with E-state index in [1.165, 1.54) is 10.9 Å². The van der Waals surface area contributed by atoms with Crippen LogP contribution in [-0.2, 0) is 29.2 Å². The van der Waals surface area contributed by atoms with Crippen LogP contribution in [0.5, 0.6) is 5.75 Å². The predicted molar refractivity (Wildman–Crippen MR) is 161 cm³/mol. The average Bonchev–Trinajstić information content (AvgIpc) is 3.23. The zero-order chi connectivity index (χ0) is 27.6. The third-order valence-corrected chi connectivity index (χ3v) is 8.64. The number of halogens is 1. The highest BCUT2D eigenvalue weighted by Crippen LogP contribution is 2.34. The van der Waals surface area contributed by atoms with E-state index in [0.29, 0.717) is 30.4 Å². The van der Waals surface area contributed by atoms with Crippen LogP contribution in [0.25, 0.3) is 16.8 Å². The van der Waals surface area contributed by atoms with Crippen LogP contribution in [0.2, 0.25) is 0 Å². The van der Waals surface area contributed by atoms with Gasteiger partial charge < -0.3 is 9.64 Å². The molecular weight excluding hydrogens is 588 g/mol. The molecular formula is C32H25BrN2O4S. The number of carbonyl (C=O) groups excluding carboxylic acids is 3. The average molecular weight is 614 g/mol. The Morgan fingerprint density at radius 2 is 1.70 bits per heavy atom. The standard InChI is InChI=1S/C32H25BrN2O4S/c33-27-16-21(10-12-28(27)39-20-22-9-11-23-5-1-3-7-25(23)15-22)17-29-31(37)35(32(38)40-29)19-30(36)34-14-13-24-6-2-4-8-26(24)18-34/h1-12,15-17H,13-14,18-20H2/b29-17-. The van der Waals surface area contributed by atoms with E-state index in [1.807, 2.05) is 48.5 Å². The van der Waals surface area contributed by atoms with Gasteiger partial charge in [-0.1, -0.05) is 66.7 Å². The van der Waals surface area contributed by atoms with E-state index in [0.717, 1.165) is 49.6 Å². The highest BCUT2D eigenvalue weighted by molar-refractivity contribution is 9.10. The van der Waals surface area contributed by atoms with Crippen LogP contribution in [0.1, 0.15) is 22.3 Å². The molecule has 1 saturated heterocycles. The Bertz CT molecular complexity index is 1680. The molecule has 200 valence electrons. The Labute approximate surface area is 244 Å². The summed E-state index contributed by atoms with van der Waals surface area (Å²) in [7, 11) is 0. The molecule has 2 aliphatic rings. The van der Waals surface area contributed by atoms with Gasteiger partial charge in [0.1, 0.15) is 18.9 Å². The van der Waals surface area contributed by atoms with E-state index in [4.69, 9.17) is 4.74 Å². The van der Waals surface area contributed by atoms with Crippen molar-refractivity contribution in [3.8, 4) is 5.75 Å². The maximum atomic E-state index is 13.1. The number of hydrogen-bond donors (Lipinski definition) is 0. The summed E-state index contributed by atoms with van der Waals surface area (Å²) in [6, 6.07) is 28.0. The summed E-state index contributed by atoms with van der Waals surface area (Å²) in [5.41, 5.74) is 4.14. The van der Waals surface area contributed by atoms with Crippen molar-refractivity contribution in [3.63, 3.8) is 0 Å². The van der Waals surface area contributed by atoms with Gasteiger partial charge in [0.05, 0.1) is 9.38 Å². The van der Waals surface area contributed by atoms with Crippen molar-refractivity contribution in [2.24, 2.45) is 0 Å². The first-order valence-corrected chi connectivity index (χ1v) is 14.6. The van der Waals surface area contributed by atoms with Gasteiger partial charge in [-0.25, -0.2) is 0 Å². The fraction of sp³-hybridized carbons (Fsp3) is 0.156. The smallest absolute Gasteiger partial charge is 0.294 e. The van der Waals surface area contributed by atoms with Gasteiger partial charge in [-0.15, -0.1) is 0 Å². The fourth-order valence-electron chi connectivity index (χ4n) is 4.95. The number of benzene rings is 4. The monoisotopic (exact) mass is 612 g/mol. The van der Waals surface area contributed by atoms with Crippen molar-refractivity contribution in [1.82, 2.24) is 9.80 Å².